The number of piperidine rings is 1. The Labute approximate surface area is 279 Å². The van der Waals surface area contributed by atoms with Crippen molar-refractivity contribution < 1.29 is 28.2 Å². The van der Waals surface area contributed by atoms with Crippen LogP contribution in [0.2, 0.25) is 0 Å². The van der Waals surface area contributed by atoms with Gasteiger partial charge in [-0.25, -0.2) is 9.18 Å². The number of carbonyl (C=O) groups is 3. The minimum Gasteiger partial charge on any atom is -0.444 e. The molecule has 2 amide bonds. The number of rotatable bonds is 6. The van der Waals surface area contributed by atoms with E-state index in [1.54, 1.807) is 0 Å². The van der Waals surface area contributed by atoms with Gasteiger partial charge in [0.05, 0.1) is 35.9 Å². The number of alkyl halides is 1. The van der Waals surface area contributed by atoms with Crippen LogP contribution in [-0.4, -0.2) is 120 Å². The van der Waals surface area contributed by atoms with E-state index in [-0.39, 0.29) is 47.9 Å². The van der Waals surface area contributed by atoms with Crippen molar-refractivity contribution in [2.45, 2.75) is 140 Å². The molecular weight excluding hydrogens is 601 g/mol. The van der Waals surface area contributed by atoms with Crippen molar-refractivity contribution in [1.29, 1.82) is 0 Å². The van der Waals surface area contributed by atoms with Crippen molar-refractivity contribution in [3.63, 3.8) is 0 Å². The number of hydrogen-bond donors (Lipinski definition) is 2. The van der Waals surface area contributed by atoms with E-state index in [0.29, 0.717) is 37.9 Å². The minimum atomic E-state index is -1.28. The molecule has 7 rings (SSSR count). The number of likely N-dealkylation sites (tertiary alicyclic amines) is 2. The number of nitrogens with one attached hydrogen (secondary N) is 2. The first-order valence-electron chi connectivity index (χ1n) is 18.6. The number of fused-ring (bicyclic) bond motifs is 3. The zero-order valence-corrected chi connectivity index (χ0v) is 28.6. The molecule has 3 aliphatic carbocycles. The van der Waals surface area contributed by atoms with Crippen LogP contribution in [0.1, 0.15) is 91.4 Å². The van der Waals surface area contributed by atoms with Crippen LogP contribution in [0.25, 0.3) is 0 Å². The predicted molar refractivity (Wildman–Crippen MR) is 175 cm³/mol. The summed E-state index contributed by atoms with van der Waals surface area (Å²) in [7, 11) is 0. The third-order valence-electron chi connectivity index (χ3n) is 12.2. The van der Waals surface area contributed by atoms with Gasteiger partial charge in [0.15, 0.2) is 5.78 Å². The standard InChI is InChI=1S/C36H56FN5O5/c1-36(2,3)47-35(45)39-24-11-15-41(20-24)31-27(37)19-25-30-33(31)46-29-18-23-10-6-5-9-22(23)17-28(29)42(30)21-26(32(25)43)34(44)38-12-16-40-13-7-4-8-14-40/h21-25,27-31,33H,4-20H2,1-3H3,(H,38,44)(H,39,45). The molecule has 0 spiro atoms. The lowest BCUT2D eigenvalue weighted by Crippen LogP contribution is -2.73. The number of hydrogen-bond acceptors (Lipinski definition) is 8. The van der Waals surface area contributed by atoms with Crippen molar-refractivity contribution in [1.82, 2.24) is 25.3 Å². The lowest BCUT2D eigenvalue weighted by Gasteiger charge is -2.61. The molecule has 0 bridgehead atoms. The molecule has 10 nitrogen and oxygen atoms in total. The topological polar surface area (TPSA) is 103 Å². The summed E-state index contributed by atoms with van der Waals surface area (Å²) in [5.74, 6) is 0.0461. The van der Waals surface area contributed by atoms with E-state index in [1.165, 1.54) is 44.9 Å². The molecule has 262 valence electrons. The van der Waals surface area contributed by atoms with Crippen molar-refractivity contribution in [3.05, 3.63) is 11.8 Å². The van der Waals surface area contributed by atoms with Gasteiger partial charge in [-0.2, -0.15) is 0 Å². The number of ether oxygens (including phenoxy) is 2. The normalized spacial score (nSPS) is 39.3. The Morgan fingerprint density at radius 2 is 1.72 bits per heavy atom. The average Bonchev–Trinajstić information content (AvgIpc) is 3.48. The van der Waals surface area contributed by atoms with E-state index in [4.69, 9.17) is 9.47 Å². The van der Waals surface area contributed by atoms with Crippen molar-refractivity contribution in [3.8, 4) is 0 Å². The highest BCUT2D eigenvalue weighted by molar-refractivity contribution is 6.20. The molecule has 10 unspecified atom stereocenters. The fourth-order valence-corrected chi connectivity index (χ4v) is 10.1. The Morgan fingerprint density at radius 1 is 0.979 bits per heavy atom. The highest BCUT2D eigenvalue weighted by Gasteiger charge is 2.61. The fourth-order valence-electron chi connectivity index (χ4n) is 10.1. The van der Waals surface area contributed by atoms with Crippen LogP contribution in [0.4, 0.5) is 9.18 Å². The van der Waals surface area contributed by atoms with Gasteiger partial charge in [0, 0.05) is 44.3 Å². The molecule has 0 aromatic heterocycles. The first-order valence-corrected chi connectivity index (χ1v) is 18.6. The highest BCUT2D eigenvalue weighted by Crippen LogP contribution is 2.51. The zero-order chi connectivity index (χ0) is 32.9. The molecule has 3 saturated carbocycles. The van der Waals surface area contributed by atoms with E-state index in [9.17, 15) is 14.4 Å². The smallest absolute Gasteiger partial charge is 0.407 e. The summed E-state index contributed by atoms with van der Waals surface area (Å²) in [6.45, 7) is 10.0. The molecule has 11 heteroatoms. The highest BCUT2D eigenvalue weighted by atomic mass is 19.1. The molecule has 0 aromatic carbocycles. The second-order valence-electron chi connectivity index (χ2n) is 16.5. The van der Waals surface area contributed by atoms with Gasteiger partial charge in [0.25, 0.3) is 5.91 Å². The summed E-state index contributed by atoms with van der Waals surface area (Å²) in [4.78, 5) is 47.0. The maximum absolute atomic E-state index is 16.5. The van der Waals surface area contributed by atoms with Gasteiger partial charge in [-0.15, -0.1) is 0 Å². The Kier molecular flexibility index (Phi) is 9.61. The Morgan fingerprint density at radius 3 is 2.47 bits per heavy atom. The van der Waals surface area contributed by atoms with E-state index in [1.807, 2.05) is 27.0 Å². The quantitative estimate of drug-likeness (QED) is 0.417. The van der Waals surface area contributed by atoms with Crippen LogP contribution in [0.3, 0.4) is 0 Å². The summed E-state index contributed by atoms with van der Waals surface area (Å²) in [5.41, 5.74) is -0.411. The molecule has 7 aliphatic rings. The summed E-state index contributed by atoms with van der Waals surface area (Å²) in [6.07, 6.45) is 10.9. The number of halogens is 1. The van der Waals surface area contributed by atoms with Gasteiger partial charge in [-0.05, 0) is 84.2 Å². The zero-order valence-electron chi connectivity index (χ0n) is 28.6. The minimum absolute atomic E-state index is 0.0600. The lowest BCUT2D eigenvalue weighted by atomic mass is 9.64. The number of Topliss-reactive ketones (excluding diaryl/α,β-unsaturated/α-hetero) is 1. The SMILES string of the molecule is CC(C)(C)OC(=O)NC1CCN(C2C(F)CC3C(=O)C(C(=O)NCCN4CCCCC4)=CN4C5CC6CCCCC6CC5OC2C34)C1. The van der Waals surface area contributed by atoms with Crippen LogP contribution < -0.4 is 10.6 Å². The maximum atomic E-state index is 16.5. The van der Waals surface area contributed by atoms with E-state index in [0.717, 1.165) is 32.5 Å². The first kappa shape index (κ1) is 33.3. The molecular formula is C36H56FN5O5. The summed E-state index contributed by atoms with van der Waals surface area (Å²) in [5, 5.41) is 6.02. The number of nitrogens with zero attached hydrogens (tertiary/aromatic N) is 3. The van der Waals surface area contributed by atoms with Gasteiger partial charge in [0.2, 0.25) is 0 Å². The van der Waals surface area contributed by atoms with Gasteiger partial charge in [0.1, 0.15) is 11.8 Å². The molecule has 0 aromatic rings. The average molecular weight is 658 g/mol. The van der Waals surface area contributed by atoms with Crippen LogP contribution in [0, 0.1) is 17.8 Å². The third-order valence-corrected chi connectivity index (χ3v) is 12.2. The van der Waals surface area contributed by atoms with E-state index >= 15 is 4.39 Å². The first-order chi connectivity index (χ1) is 22.6. The molecule has 3 saturated heterocycles. The van der Waals surface area contributed by atoms with Crippen molar-refractivity contribution in [2.75, 3.05) is 39.3 Å². The maximum Gasteiger partial charge on any atom is 0.407 e. The number of amides is 2. The van der Waals surface area contributed by atoms with Crippen molar-refractivity contribution >= 4 is 17.8 Å². The van der Waals surface area contributed by atoms with Gasteiger partial charge in [-0.3, -0.25) is 14.5 Å². The van der Waals surface area contributed by atoms with E-state index in [2.05, 4.69) is 25.3 Å². The number of morpholine rings is 1. The largest absolute Gasteiger partial charge is 0.444 e. The fraction of sp³-hybridized carbons (Fsp3) is 0.861. The second-order valence-corrected chi connectivity index (χ2v) is 16.5. The van der Waals surface area contributed by atoms with Crippen LogP contribution in [0.15, 0.2) is 11.8 Å². The molecule has 10 atom stereocenters. The Hall–Kier alpha value is -2.24. The number of carbonyl (C=O) groups excluding carboxylic acids is 3. The van der Waals surface area contributed by atoms with Gasteiger partial charge >= 0.3 is 6.09 Å². The Bertz CT molecular complexity index is 1220. The third kappa shape index (κ3) is 6.95. The Balaban J connectivity index is 1.11. The number of alkyl carbamates (subject to hydrolysis) is 1. The van der Waals surface area contributed by atoms with Crippen molar-refractivity contribution in [2.24, 2.45) is 17.8 Å². The molecule has 4 heterocycles. The van der Waals surface area contributed by atoms with Crippen LogP contribution in [0.5, 0.6) is 0 Å². The van der Waals surface area contributed by atoms with Crippen LogP contribution in [-0.2, 0) is 19.1 Å². The molecule has 0 radical (unpaired) electrons. The van der Waals surface area contributed by atoms with E-state index < -0.39 is 35.9 Å². The van der Waals surface area contributed by atoms with Gasteiger partial charge in [-0.1, -0.05) is 32.1 Å². The summed E-state index contributed by atoms with van der Waals surface area (Å²) in [6, 6.07) is -0.883. The molecule has 4 aliphatic heterocycles. The predicted octanol–water partition coefficient (Wildman–Crippen LogP) is 3.79. The molecule has 47 heavy (non-hydrogen) atoms. The molecule has 6 fully saturated rings. The summed E-state index contributed by atoms with van der Waals surface area (Å²) >= 11 is 0. The lowest BCUT2D eigenvalue weighted by molar-refractivity contribution is -0.219. The second kappa shape index (κ2) is 13.6. The van der Waals surface area contributed by atoms with Crippen LogP contribution >= 0.6 is 0 Å². The van der Waals surface area contributed by atoms with Gasteiger partial charge < -0.3 is 29.9 Å². The number of ketones is 1. The monoisotopic (exact) mass is 657 g/mol. The molecule has 2 N–H and O–H groups in total. The summed E-state index contributed by atoms with van der Waals surface area (Å²) < 4.78 is 29.0.